The van der Waals surface area contributed by atoms with E-state index in [0.29, 0.717) is 29.4 Å². The molecule has 41 heavy (non-hydrogen) atoms. The van der Waals surface area contributed by atoms with Crippen molar-refractivity contribution in [1.29, 1.82) is 0 Å². The van der Waals surface area contributed by atoms with E-state index >= 15 is 0 Å². The number of hydrogen-bond acceptors (Lipinski definition) is 5. The lowest BCUT2D eigenvalue weighted by atomic mass is 9.87. The molecule has 3 aromatic carbocycles. The van der Waals surface area contributed by atoms with Gasteiger partial charge in [-0.3, -0.25) is 14.5 Å². The summed E-state index contributed by atoms with van der Waals surface area (Å²) in [4.78, 5) is 29.5. The van der Waals surface area contributed by atoms with Gasteiger partial charge >= 0.3 is 5.97 Å². The lowest BCUT2D eigenvalue weighted by Gasteiger charge is -2.38. The number of amides is 1. The van der Waals surface area contributed by atoms with Gasteiger partial charge in [-0.1, -0.05) is 35.9 Å². The molecule has 0 saturated carbocycles. The number of methoxy groups -OCH3 is 1. The Bertz CT molecular complexity index is 1410. The van der Waals surface area contributed by atoms with E-state index in [9.17, 15) is 14.7 Å². The maximum Gasteiger partial charge on any atom is 0.320 e. The molecular formula is C33H37ClN2O5. The second-order valence-corrected chi connectivity index (χ2v) is 11.6. The molecule has 216 valence electrons. The SMILES string of the molecule is COc1cc2c(cc1OC(C)C)C(Cc1ccc(Cl)cc1)N(c1ccc([C@H](C)N3CCCC3C(=O)O)cc1)C(=O)C2. The zero-order valence-electron chi connectivity index (χ0n) is 24.0. The topological polar surface area (TPSA) is 79.3 Å². The number of halogens is 1. The second kappa shape index (κ2) is 12.1. The minimum Gasteiger partial charge on any atom is -0.493 e. The molecule has 0 radical (unpaired) electrons. The van der Waals surface area contributed by atoms with Gasteiger partial charge in [0, 0.05) is 16.8 Å². The van der Waals surface area contributed by atoms with Crippen LogP contribution in [0.1, 0.15) is 68.0 Å². The van der Waals surface area contributed by atoms with Crippen LogP contribution in [0.3, 0.4) is 0 Å². The summed E-state index contributed by atoms with van der Waals surface area (Å²) in [7, 11) is 1.61. The van der Waals surface area contributed by atoms with Gasteiger partial charge in [0.2, 0.25) is 5.91 Å². The first-order valence-electron chi connectivity index (χ1n) is 14.2. The monoisotopic (exact) mass is 576 g/mol. The van der Waals surface area contributed by atoms with Crippen molar-refractivity contribution in [2.24, 2.45) is 0 Å². The summed E-state index contributed by atoms with van der Waals surface area (Å²) in [6.45, 7) is 6.76. The van der Waals surface area contributed by atoms with Gasteiger partial charge in [0.05, 0.1) is 25.7 Å². The van der Waals surface area contributed by atoms with Gasteiger partial charge < -0.3 is 19.5 Å². The molecule has 0 bridgehead atoms. The van der Waals surface area contributed by atoms with E-state index in [2.05, 4.69) is 0 Å². The van der Waals surface area contributed by atoms with Crippen LogP contribution in [0, 0.1) is 0 Å². The highest BCUT2D eigenvalue weighted by Gasteiger charge is 2.36. The Labute approximate surface area is 246 Å². The minimum atomic E-state index is -0.772. The van der Waals surface area contributed by atoms with E-state index in [1.54, 1.807) is 7.11 Å². The molecule has 2 heterocycles. The maximum absolute atomic E-state index is 13.8. The van der Waals surface area contributed by atoms with Crippen molar-refractivity contribution >= 4 is 29.2 Å². The number of carbonyl (C=O) groups is 2. The number of rotatable bonds is 9. The molecule has 3 aromatic rings. The average Bonchev–Trinajstić information content (AvgIpc) is 3.44. The fraction of sp³-hybridized carbons (Fsp3) is 0.394. The van der Waals surface area contributed by atoms with Gasteiger partial charge in [-0.15, -0.1) is 0 Å². The first kappa shape index (κ1) is 29.0. The van der Waals surface area contributed by atoms with Crippen molar-refractivity contribution in [3.8, 4) is 11.5 Å². The molecule has 5 rings (SSSR count). The molecule has 1 fully saturated rings. The molecule has 3 atom stereocenters. The highest BCUT2D eigenvalue weighted by molar-refractivity contribution is 6.30. The molecule has 2 unspecified atom stereocenters. The molecule has 1 N–H and O–H groups in total. The van der Waals surface area contributed by atoms with Crippen LogP contribution in [0.25, 0.3) is 0 Å². The fourth-order valence-electron chi connectivity index (χ4n) is 6.14. The summed E-state index contributed by atoms with van der Waals surface area (Å²) in [6, 6.07) is 18.9. The van der Waals surface area contributed by atoms with Gasteiger partial charge in [-0.2, -0.15) is 0 Å². The van der Waals surface area contributed by atoms with Crippen LogP contribution in [-0.2, 0) is 22.4 Å². The molecule has 0 aliphatic carbocycles. The van der Waals surface area contributed by atoms with Crippen LogP contribution in [-0.4, -0.2) is 47.7 Å². The molecule has 0 spiro atoms. The number of fused-ring (bicyclic) bond motifs is 1. The maximum atomic E-state index is 13.8. The van der Waals surface area contributed by atoms with Crippen LogP contribution < -0.4 is 14.4 Å². The number of benzene rings is 3. The molecule has 2 aliphatic heterocycles. The normalized spacial score (nSPS) is 19.8. The number of anilines is 1. The number of carboxylic acid groups (broad SMARTS) is 1. The predicted octanol–water partition coefficient (Wildman–Crippen LogP) is 6.62. The van der Waals surface area contributed by atoms with Gasteiger partial charge in [0.1, 0.15) is 6.04 Å². The third kappa shape index (κ3) is 6.07. The average molecular weight is 577 g/mol. The Morgan fingerprint density at radius 3 is 2.39 bits per heavy atom. The van der Waals surface area contributed by atoms with Gasteiger partial charge in [0.25, 0.3) is 0 Å². The fourth-order valence-corrected chi connectivity index (χ4v) is 6.27. The van der Waals surface area contributed by atoms with Gasteiger partial charge in [-0.25, -0.2) is 0 Å². The molecule has 8 heteroatoms. The Hall–Kier alpha value is -3.55. The van der Waals surface area contributed by atoms with Crippen molar-refractivity contribution in [2.45, 2.75) is 70.7 Å². The lowest BCUT2D eigenvalue weighted by Crippen LogP contribution is -2.41. The summed E-state index contributed by atoms with van der Waals surface area (Å²) in [5, 5.41) is 10.3. The smallest absolute Gasteiger partial charge is 0.320 e. The number of carboxylic acids is 1. The van der Waals surface area contributed by atoms with E-state index in [1.807, 2.05) is 91.2 Å². The number of aliphatic carboxylic acids is 1. The quantitative estimate of drug-likeness (QED) is 0.308. The molecule has 1 saturated heterocycles. The number of hydrogen-bond donors (Lipinski definition) is 1. The van der Waals surface area contributed by atoms with E-state index in [1.165, 1.54) is 0 Å². The zero-order chi connectivity index (χ0) is 29.3. The Morgan fingerprint density at radius 2 is 1.76 bits per heavy atom. The van der Waals surface area contributed by atoms with Crippen LogP contribution in [0.4, 0.5) is 5.69 Å². The van der Waals surface area contributed by atoms with Crippen molar-refractivity contribution < 1.29 is 24.2 Å². The summed E-state index contributed by atoms with van der Waals surface area (Å²) in [6.07, 6.45) is 2.34. The summed E-state index contributed by atoms with van der Waals surface area (Å²) in [5.41, 5.74) is 4.84. The predicted molar refractivity (Wildman–Crippen MR) is 160 cm³/mol. The minimum absolute atomic E-state index is 0.00215. The van der Waals surface area contributed by atoms with E-state index in [-0.39, 0.29) is 30.5 Å². The Balaban J connectivity index is 1.52. The van der Waals surface area contributed by atoms with E-state index in [4.69, 9.17) is 21.1 Å². The van der Waals surface area contributed by atoms with Crippen molar-refractivity contribution in [2.75, 3.05) is 18.6 Å². The molecular weight excluding hydrogens is 540 g/mol. The van der Waals surface area contributed by atoms with Crippen molar-refractivity contribution in [1.82, 2.24) is 4.90 Å². The first-order chi connectivity index (χ1) is 19.7. The largest absolute Gasteiger partial charge is 0.493 e. The summed E-state index contributed by atoms with van der Waals surface area (Å²) in [5.74, 6) is 0.497. The number of likely N-dealkylation sites (tertiary alicyclic amines) is 1. The summed E-state index contributed by atoms with van der Waals surface area (Å²) < 4.78 is 11.7. The van der Waals surface area contributed by atoms with Gasteiger partial charge in [0.15, 0.2) is 11.5 Å². The lowest BCUT2D eigenvalue weighted by molar-refractivity contribution is -0.142. The molecule has 1 amide bonds. The van der Waals surface area contributed by atoms with Crippen molar-refractivity contribution in [3.63, 3.8) is 0 Å². The Kier molecular flexibility index (Phi) is 8.57. The van der Waals surface area contributed by atoms with Crippen molar-refractivity contribution in [3.05, 3.63) is 87.9 Å². The van der Waals surface area contributed by atoms with Gasteiger partial charge in [-0.05, 0) is 105 Å². The van der Waals surface area contributed by atoms with Crippen LogP contribution in [0.5, 0.6) is 11.5 Å². The van der Waals surface area contributed by atoms with Crippen LogP contribution in [0.2, 0.25) is 5.02 Å². The van der Waals surface area contributed by atoms with E-state index in [0.717, 1.165) is 40.9 Å². The van der Waals surface area contributed by atoms with Crippen LogP contribution >= 0.6 is 11.6 Å². The number of carbonyl (C=O) groups excluding carboxylic acids is 1. The number of ether oxygens (including phenoxy) is 2. The molecule has 2 aliphatic rings. The Morgan fingerprint density at radius 1 is 1.05 bits per heavy atom. The second-order valence-electron chi connectivity index (χ2n) is 11.2. The standard InChI is InChI=1S/C33H37ClN2O5/c1-20(2)41-31-19-27-24(17-30(31)40-4)18-32(37)36(29(27)16-22-7-11-25(34)12-8-22)26-13-9-23(10-14-26)21(3)35-15-5-6-28(35)33(38)39/h7-14,17,19-21,28-29H,5-6,15-16,18H2,1-4H3,(H,38,39)/t21-,28?,29?/m0/s1. The van der Waals surface area contributed by atoms with Crippen LogP contribution in [0.15, 0.2) is 60.7 Å². The first-order valence-corrected chi connectivity index (χ1v) is 14.6. The third-order valence-electron chi connectivity index (χ3n) is 8.14. The van der Waals surface area contributed by atoms with E-state index < -0.39 is 12.0 Å². The molecule has 0 aromatic heterocycles. The highest BCUT2D eigenvalue weighted by Crippen LogP contribution is 2.42. The molecule has 7 nitrogen and oxygen atoms in total. The zero-order valence-corrected chi connectivity index (χ0v) is 24.7. The number of nitrogens with zero attached hydrogens (tertiary/aromatic N) is 2. The highest BCUT2D eigenvalue weighted by atomic mass is 35.5. The summed E-state index contributed by atoms with van der Waals surface area (Å²) >= 11 is 6.17. The third-order valence-corrected chi connectivity index (χ3v) is 8.39.